The van der Waals surface area contributed by atoms with E-state index in [-0.39, 0.29) is 6.79 Å². The number of rotatable bonds is 8. The first-order valence-corrected chi connectivity index (χ1v) is 8.59. The lowest BCUT2D eigenvalue weighted by molar-refractivity contribution is 0.117. The molecule has 0 spiro atoms. The predicted molar refractivity (Wildman–Crippen MR) is 97.9 cm³/mol. The Bertz CT molecular complexity index is 747. The normalized spacial score (nSPS) is 13.7. The first-order chi connectivity index (χ1) is 12.6. The Balaban J connectivity index is 1.80. The number of benzene rings is 2. The van der Waals surface area contributed by atoms with Crippen molar-refractivity contribution in [2.24, 2.45) is 0 Å². The van der Waals surface area contributed by atoms with Gasteiger partial charge in [0.05, 0.1) is 20.3 Å². The largest absolute Gasteiger partial charge is 0.493 e. The Kier molecular flexibility index (Phi) is 5.85. The molecule has 6 nitrogen and oxygen atoms in total. The van der Waals surface area contributed by atoms with Crippen LogP contribution in [-0.2, 0) is 13.1 Å². The molecule has 0 saturated carbocycles. The van der Waals surface area contributed by atoms with E-state index in [4.69, 9.17) is 18.9 Å². The van der Waals surface area contributed by atoms with Gasteiger partial charge in [0.25, 0.3) is 0 Å². The van der Waals surface area contributed by atoms with Gasteiger partial charge >= 0.3 is 0 Å². The third-order valence-electron chi connectivity index (χ3n) is 4.24. The van der Waals surface area contributed by atoms with Crippen molar-refractivity contribution in [3.05, 3.63) is 47.5 Å². The summed E-state index contributed by atoms with van der Waals surface area (Å²) in [5.74, 6) is 2.95. The van der Waals surface area contributed by atoms with Gasteiger partial charge in [-0.2, -0.15) is 0 Å². The van der Waals surface area contributed by atoms with Crippen molar-refractivity contribution < 1.29 is 24.1 Å². The van der Waals surface area contributed by atoms with Crippen LogP contribution in [0.1, 0.15) is 18.1 Å². The quantitative estimate of drug-likeness (QED) is 0.782. The highest BCUT2D eigenvalue weighted by Gasteiger charge is 2.18. The summed E-state index contributed by atoms with van der Waals surface area (Å²) in [5.41, 5.74) is 2.10. The number of aliphatic hydroxyl groups is 1. The Morgan fingerprint density at radius 2 is 1.88 bits per heavy atom. The van der Waals surface area contributed by atoms with Crippen molar-refractivity contribution in [2.45, 2.75) is 26.1 Å². The monoisotopic (exact) mass is 359 g/mol. The molecule has 0 bridgehead atoms. The summed E-state index contributed by atoms with van der Waals surface area (Å²) in [5, 5.41) is 9.92. The maximum Gasteiger partial charge on any atom is 0.231 e. The predicted octanol–water partition coefficient (Wildman–Crippen LogP) is 2.82. The molecule has 6 heteroatoms. The molecule has 0 unspecified atom stereocenters. The summed E-state index contributed by atoms with van der Waals surface area (Å²) in [6.07, 6.45) is -0.444. The molecule has 140 valence electrons. The zero-order valence-corrected chi connectivity index (χ0v) is 15.4. The molecular formula is C20H25NO5. The summed E-state index contributed by atoms with van der Waals surface area (Å²) >= 11 is 0. The fraction of sp³-hybridized carbons (Fsp3) is 0.400. The van der Waals surface area contributed by atoms with E-state index in [2.05, 4.69) is 4.90 Å². The lowest BCUT2D eigenvalue weighted by Crippen LogP contribution is -2.30. The van der Waals surface area contributed by atoms with Crippen LogP contribution < -0.4 is 18.9 Å². The maximum absolute atomic E-state index is 9.92. The van der Waals surface area contributed by atoms with Crippen LogP contribution in [0.3, 0.4) is 0 Å². The van der Waals surface area contributed by atoms with Crippen LogP contribution in [-0.4, -0.2) is 43.7 Å². The van der Waals surface area contributed by atoms with Gasteiger partial charge in [0.2, 0.25) is 6.79 Å². The SMILES string of the molecule is COc1cccc(CN(Cc2ccc3c(c2)OCO3)C[C@H](C)O)c1OC. The average Bonchev–Trinajstić information content (AvgIpc) is 3.08. The molecule has 1 aliphatic heterocycles. The van der Waals surface area contributed by atoms with Crippen molar-refractivity contribution in [1.29, 1.82) is 0 Å². The summed E-state index contributed by atoms with van der Waals surface area (Å²) in [7, 11) is 3.26. The van der Waals surface area contributed by atoms with Crippen molar-refractivity contribution in [1.82, 2.24) is 4.90 Å². The van der Waals surface area contributed by atoms with Gasteiger partial charge in [-0.1, -0.05) is 18.2 Å². The maximum atomic E-state index is 9.92. The van der Waals surface area contributed by atoms with Gasteiger partial charge < -0.3 is 24.1 Å². The van der Waals surface area contributed by atoms with Gasteiger partial charge in [-0.3, -0.25) is 4.90 Å². The minimum atomic E-state index is -0.444. The zero-order valence-electron chi connectivity index (χ0n) is 15.4. The molecule has 0 saturated heterocycles. The first-order valence-electron chi connectivity index (χ1n) is 8.59. The zero-order chi connectivity index (χ0) is 18.5. The second-order valence-corrected chi connectivity index (χ2v) is 6.36. The third-order valence-corrected chi connectivity index (χ3v) is 4.24. The molecule has 0 aliphatic carbocycles. The van der Waals surface area contributed by atoms with Gasteiger partial charge in [-0.25, -0.2) is 0 Å². The van der Waals surface area contributed by atoms with Crippen molar-refractivity contribution in [2.75, 3.05) is 27.6 Å². The van der Waals surface area contributed by atoms with E-state index in [1.807, 2.05) is 36.4 Å². The van der Waals surface area contributed by atoms with E-state index in [1.54, 1.807) is 21.1 Å². The number of aliphatic hydroxyl groups excluding tert-OH is 1. The highest BCUT2D eigenvalue weighted by atomic mass is 16.7. The number of para-hydroxylation sites is 1. The second-order valence-electron chi connectivity index (χ2n) is 6.36. The van der Waals surface area contributed by atoms with Gasteiger partial charge in [0, 0.05) is 25.2 Å². The minimum Gasteiger partial charge on any atom is -0.493 e. The number of ether oxygens (including phenoxy) is 4. The lowest BCUT2D eigenvalue weighted by Gasteiger charge is -2.25. The molecule has 0 amide bonds. The molecule has 0 aromatic heterocycles. The summed E-state index contributed by atoms with van der Waals surface area (Å²) in [6, 6.07) is 11.8. The summed E-state index contributed by atoms with van der Waals surface area (Å²) in [4.78, 5) is 2.17. The molecule has 3 rings (SSSR count). The van der Waals surface area contributed by atoms with Crippen LogP contribution in [0.25, 0.3) is 0 Å². The summed E-state index contributed by atoms with van der Waals surface area (Å²) < 4.78 is 21.7. The highest BCUT2D eigenvalue weighted by Crippen LogP contribution is 2.34. The Hall–Kier alpha value is -2.44. The molecule has 0 fully saturated rings. The highest BCUT2D eigenvalue weighted by molar-refractivity contribution is 5.47. The molecule has 0 radical (unpaired) electrons. The van der Waals surface area contributed by atoms with Crippen LogP contribution in [0.15, 0.2) is 36.4 Å². The molecule has 1 N–H and O–H groups in total. The Morgan fingerprint density at radius 3 is 2.62 bits per heavy atom. The number of fused-ring (bicyclic) bond motifs is 1. The first kappa shape index (κ1) is 18.4. The fourth-order valence-corrected chi connectivity index (χ4v) is 3.18. The lowest BCUT2D eigenvalue weighted by atomic mass is 10.1. The molecular weight excluding hydrogens is 334 g/mol. The van der Waals surface area contributed by atoms with Crippen LogP contribution in [0.2, 0.25) is 0 Å². The Labute approximate surface area is 153 Å². The van der Waals surface area contributed by atoms with E-state index < -0.39 is 6.10 Å². The average molecular weight is 359 g/mol. The van der Waals surface area contributed by atoms with Crippen LogP contribution >= 0.6 is 0 Å². The van der Waals surface area contributed by atoms with Gasteiger partial charge in [-0.05, 0) is 30.7 Å². The summed E-state index contributed by atoms with van der Waals surface area (Å²) in [6.45, 7) is 3.88. The number of nitrogens with zero attached hydrogens (tertiary/aromatic N) is 1. The van der Waals surface area contributed by atoms with Crippen LogP contribution in [0, 0.1) is 0 Å². The topological polar surface area (TPSA) is 60.4 Å². The van der Waals surface area contributed by atoms with Gasteiger partial charge in [0.1, 0.15) is 0 Å². The van der Waals surface area contributed by atoms with Crippen molar-refractivity contribution in [3.8, 4) is 23.0 Å². The van der Waals surface area contributed by atoms with Crippen molar-refractivity contribution >= 4 is 0 Å². The molecule has 1 heterocycles. The van der Waals surface area contributed by atoms with E-state index in [9.17, 15) is 5.11 Å². The number of hydrogen-bond acceptors (Lipinski definition) is 6. The fourth-order valence-electron chi connectivity index (χ4n) is 3.18. The number of hydrogen-bond donors (Lipinski definition) is 1. The van der Waals surface area contributed by atoms with E-state index >= 15 is 0 Å². The minimum absolute atomic E-state index is 0.261. The van der Waals surface area contributed by atoms with Crippen LogP contribution in [0.4, 0.5) is 0 Å². The number of methoxy groups -OCH3 is 2. The van der Waals surface area contributed by atoms with Gasteiger partial charge in [-0.15, -0.1) is 0 Å². The van der Waals surface area contributed by atoms with Gasteiger partial charge in [0.15, 0.2) is 23.0 Å². The molecule has 26 heavy (non-hydrogen) atoms. The molecule has 2 aromatic carbocycles. The second kappa shape index (κ2) is 8.29. The Morgan fingerprint density at radius 1 is 1.08 bits per heavy atom. The third kappa shape index (κ3) is 4.20. The van der Waals surface area contributed by atoms with Crippen LogP contribution in [0.5, 0.6) is 23.0 Å². The smallest absolute Gasteiger partial charge is 0.231 e. The molecule has 1 aliphatic rings. The van der Waals surface area contributed by atoms with E-state index in [1.165, 1.54) is 0 Å². The molecule has 1 atom stereocenters. The van der Waals surface area contributed by atoms with E-state index in [0.29, 0.717) is 25.4 Å². The van der Waals surface area contributed by atoms with Crippen molar-refractivity contribution in [3.63, 3.8) is 0 Å². The molecule has 2 aromatic rings. The van der Waals surface area contributed by atoms with E-state index in [0.717, 1.165) is 28.4 Å². The standard InChI is InChI=1S/C20H25NO5/c1-14(22)10-21(11-15-7-8-17-19(9-15)26-13-25-17)12-16-5-4-6-18(23-2)20(16)24-3/h4-9,14,22H,10-13H2,1-3H3/t14-/m0/s1.